The lowest BCUT2D eigenvalue weighted by molar-refractivity contribution is -0.150. The van der Waals surface area contributed by atoms with E-state index in [1.54, 1.807) is 21.0 Å². The maximum absolute atomic E-state index is 11.6. The van der Waals surface area contributed by atoms with Crippen molar-refractivity contribution < 1.29 is 14.7 Å². The fourth-order valence-electron chi connectivity index (χ4n) is 1.81. The molecule has 0 aromatic carbocycles. The van der Waals surface area contributed by atoms with E-state index < -0.39 is 17.6 Å². The summed E-state index contributed by atoms with van der Waals surface area (Å²) in [6.45, 7) is 1.70. The van der Waals surface area contributed by atoms with Crippen molar-refractivity contribution in [3.63, 3.8) is 0 Å². The van der Waals surface area contributed by atoms with E-state index in [2.05, 4.69) is 5.32 Å². The Morgan fingerprint density at radius 2 is 1.93 bits per heavy atom. The van der Waals surface area contributed by atoms with Gasteiger partial charge >= 0.3 is 5.97 Å². The summed E-state index contributed by atoms with van der Waals surface area (Å²) in [5.74, 6) is -0.949. The molecule has 0 aromatic heterocycles. The summed E-state index contributed by atoms with van der Waals surface area (Å²) in [7, 11) is 3.32. The summed E-state index contributed by atoms with van der Waals surface area (Å²) in [4.78, 5) is 24.1. The molecule has 0 aromatic rings. The second-order valence-electron chi connectivity index (χ2n) is 4.34. The average Bonchev–Trinajstić information content (AvgIpc) is 2.08. The molecule has 2 N–H and O–H groups in total. The van der Waals surface area contributed by atoms with Gasteiger partial charge in [0.1, 0.15) is 5.54 Å². The molecule has 0 radical (unpaired) electrons. The van der Waals surface area contributed by atoms with Crippen LogP contribution in [-0.4, -0.2) is 47.6 Å². The molecule has 1 amide bonds. The lowest BCUT2D eigenvalue weighted by atomic mass is 9.76. The first-order valence-corrected chi connectivity index (χ1v) is 5.11. The van der Waals surface area contributed by atoms with Gasteiger partial charge in [0.05, 0.1) is 6.04 Å². The molecule has 0 saturated heterocycles. The minimum atomic E-state index is -0.870. The molecule has 86 valence electrons. The Morgan fingerprint density at radius 1 is 1.40 bits per heavy atom. The first-order chi connectivity index (χ1) is 6.89. The number of carboxylic acid groups (broad SMARTS) is 1. The average molecular weight is 214 g/mol. The Morgan fingerprint density at radius 3 is 2.20 bits per heavy atom. The number of hydrogen-bond acceptors (Lipinski definition) is 3. The third-order valence-corrected chi connectivity index (χ3v) is 2.92. The van der Waals surface area contributed by atoms with Gasteiger partial charge in [0, 0.05) is 14.1 Å². The van der Waals surface area contributed by atoms with Crippen molar-refractivity contribution in [3.05, 3.63) is 0 Å². The van der Waals surface area contributed by atoms with E-state index >= 15 is 0 Å². The summed E-state index contributed by atoms with van der Waals surface area (Å²) < 4.78 is 0. The van der Waals surface area contributed by atoms with Crippen LogP contribution in [0.4, 0.5) is 0 Å². The number of hydrogen-bond donors (Lipinski definition) is 2. The Kier molecular flexibility index (Phi) is 3.34. The number of carboxylic acids is 1. The van der Waals surface area contributed by atoms with Gasteiger partial charge < -0.3 is 10.0 Å². The molecule has 1 aliphatic carbocycles. The molecule has 0 aliphatic heterocycles. The fourth-order valence-corrected chi connectivity index (χ4v) is 1.81. The predicted octanol–water partition coefficient (Wildman–Crippen LogP) is 0.0600. The lowest BCUT2D eigenvalue weighted by Crippen LogP contribution is -2.62. The van der Waals surface area contributed by atoms with Crippen LogP contribution in [0.5, 0.6) is 0 Å². The van der Waals surface area contributed by atoms with E-state index in [4.69, 9.17) is 5.11 Å². The van der Waals surface area contributed by atoms with Crippen LogP contribution in [-0.2, 0) is 9.59 Å². The Hall–Kier alpha value is -1.10. The second-order valence-corrected chi connectivity index (χ2v) is 4.34. The highest BCUT2D eigenvalue weighted by atomic mass is 16.4. The summed E-state index contributed by atoms with van der Waals surface area (Å²) in [6.07, 6.45) is 2.11. The Balaban J connectivity index is 2.60. The molecule has 0 bridgehead atoms. The molecule has 5 heteroatoms. The molecule has 1 unspecified atom stereocenters. The molecule has 1 fully saturated rings. The molecule has 1 atom stereocenters. The van der Waals surface area contributed by atoms with Gasteiger partial charge in [0.2, 0.25) is 5.91 Å². The van der Waals surface area contributed by atoms with E-state index in [0.29, 0.717) is 12.8 Å². The van der Waals surface area contributed by atoms with Crippen molar-refractivity contribution >= 4 is 11.9 Å². The van der Waals surface area contributed by atoms with E-state index in [1.165, 1.54) is 4.90 Å². The van der Waals surface area contributed by atoms with Gasteiger partial charge in [0.15, 0.2) is 0 Å². The van der Waals surface area contributed by atoms with Crippen molar-refractivity contribution in [3.8, 4) is 0 Å². The van der Waals surface area contributed by atoms with Crippen LogP contribution in [0, 0.1) is 0 Å². The van der Waals surface area contributed by atoms with Crippen molar-refractivity contribution in [2.45, 2.75) is 37.8 Å². The minimum absolute atomic E-state index is 0.0949. The quantitative estimate of drug-likeness (QED) is 0.694. The summed E-state index contributed by atoms with van der Waals surface area (Å²) in [5, 5.41) is 12.0. The van der Waals surface area contributed by atoms with Crippen molar-refractivity contribution in [1.82, 2.24) is 10.2 Å². The van der Waals surface area contributed by atoms with Crippen molar-refractivity contribution in [1.29, 1.82) is 0 Å². The highest BCUT2D eigenvalue weighted by molar-refractivity contribution is 5.84. The SMILES string of the molecule is CC(NC1(C(=O)O)CCC1)C(=O)N(C)C. The van der Waals surface area contributed by atoms with Crippen LogP contribution < -0.4 is 5.32 Å². The number of amides is 1. The Labute approximate surface area is 89.4 Å². The number of carbonyl (C=O) groups excluding carboxylic acids is 1. The van der Waals surface area contributed by atoms with Gasteiger partial charge in [-0.25, -0.2) is 0 Å². The van der Waals surface area contributed by atoms with Gasteiger partial charge in [-0.1, -0.05) is 0 Å². The third kappa shape index (κ3) is 2.28. The molecule has 15 heavy (non-hydrogen) atoms. The first kappa shape index (κ1) is 12.0. The maximum atomic E-state index is 11.6. The smallest absolute Gasteiger partial charge is 0.323 e. The van der Waals surface area contributed by atoms with Crippen LogP contribution in [0.15, 0.2) is 0 Å². The molecule has 1 aliphatic rings. The minimum Gasteiger partial charge on any atom is -0.480 e. The zero-order chi connectivity index (χ0) is 11.6. The van der Waals surface area contributed by atoms with Crippen LogP contribution in [0.3, 0.4) is 0 Å². The van der Waals surface area contributed by atoms with Gasteiger partial charge in [-0.2, -0.15) is 0 Å². The number of rotatable bonds is 4. The highest BCUT2D eigenvalue weighted by Gasteiger charge is 2.45. The van der Waals surface area contributed by atoms with Crippen molar-refractivity contribution in [2.75, 3.05) is 14.1 Å². The first-order valence-electron chi connectivity index (χ1n) is 5.11. The van der Waals surface area contributed by atoms with E-state index in [-0.39, 0.29) is 5.91 Å². The molecule has 1 saturated carbocycles. The number of nitrogens with zero attached hydrogens (tertiary/aromatic N) is 1. The number of aliphatic carboxylic acids is 1. The summed E-state index contributed by atoms with van der Waals surface area (Å²) in [6, 6.07) is -0.448. The number of carbonyl (C=O) groups is 2. The predicted molar refractivity (Wildman–Crippen MR) is 55.5 cm³/mol. The number of nitrogens with one attached hydrogen (secondary N) is 1. The highest BCUT2D eigenvalue weighted by Crippen LogP contribution is 2.32. The fraction of sp³-hybridized carbons (Fsp3) is 0.800. The summed E-state index contributed by atoms with van der Waals surface area (Å²) >= 11 is 0. The van der Waals surface area contributed by atoms with Gasteiger partial charge in [-0.3, -0.25) is 14.9 Å². The molecular weight excluding hydrogens is 196 g/mol. The molecule has 5 nitrogen and oxygen atoms in total. The van der Waals surface area contributed by atoms with E-state index in [1.807, 2.05) is 0 Å². The number of likely N-dealkylation sites (N-methyl/N-ethyl adjacent to an activating group) is 1. The van der Waals surface area contributed by atoms with Crippen LogP contribution in [0.25, 0.3) is 0 Å². The van der Waals surface area contributed by atoms with Gasteiger partial charge in [-0.15, -0.1) is 0 Å². The second kappa shape index (κ2) is 4.18. The van der Waals surface area contributed by atoms with Gasteiger partial charge in [-0.05, 0) is 26.2 Å². The standard InChI is InChI=1S/C10H18N2O3/c1-7(8(13)12(2)3)11-10(9(14)15)5-4-6-10/h7,11H,4-6H2,1-3H3,(H,14,15). The maximum Gasteiger partial charge on any atom is 0.323 e. The zero-order valence-corrected chi connectivity index (χ0v) is 9.41. The topological polar surface area (TPSA) is 69.6 Å². The monoisotopic (exact) mass is 214 g/mol. The third-order valence-electron chi connectivity index (χ3n) is 2.92. The van der Waals surface area contributed by atoms with Crippen LogP contribution >= 0.6 is 0 Å². The largest absolute Gasteiger partial charge is 0.480 e. The molecular formula is C10H18N2O3. The van der Waals surface area contributed by atoms with E-state index in [9.17, 15) is 9.59 Å². The Bertz CT molecular complexity index is 272. The molecule has 1 rings (SSSR count). The van der Waals surface area contributed by atoms with E-state index in [0.717, 1.165) is 6.42 Å². The van der Waals surface area contributed by atoms with Crippen LogP contribution in [0.2, 0.25) is 0 Å². The lowest BCUT2D eigenvalue weighted by Gasteiger charge is -2.40. The van der Waals surface area contributed by atoms with Gasteiger partial charge in [0.25, 0.3) is 0 Å². The van der Waals surface area contributed by atoms with Crippen LogP contribution in [0.1, 0.15) is 26.2 Å². The molecule has 0 heterocycles. The molecule has 0 spiro atoms. The summed E-state index contributed by atoms with van der Waals surface area (Å²) in [5.41, 5.74) is -0.870. The zero-order valence-electron chi connectivity index (χ0n) is 9.41. The van der Waals surface area contributed by atoms with Crippen molar-refractivity contribution in [2.24, 2.45) is 0 Å². The normalized spacial score (nSPS) is 20.2.